The van der Waals surface area contributed by atoms with Gasteiger partial charge in [0.25, 0.3) is 6.43 Å². The Morgan fingerprint density at radius 1 is 1.33 bits per heavy atom. The summed E-state index contributed by atoms with van der Waals surface area (Å²) in [6, 6.07) is 6.04. The summed E-state index contributed by atoms with van der Waals surface area (Å²) in [5.74, 6) is 0.473. The molecule has 1 aromatic rings. The van der Waals surface area contributed by atoms with Gasteiger partial charge in [0.05, 0.1) is 19.7 Å². The number of alkyl halides is 2. The fraction of sp³-hybridized carbons (Fsp3) is 0.462. The van der Waals surface area contributed by atoms with Crippen LogP contribution in [-0.4, -0.2) is 43.9 Å². The number of nitrogens with zero attached hydrogens (tertiary/aromatic N) is 1. The number of Topliss-reactive ketones (excluding diaryl/α,β-unsaturated/α-hetero) is 1. The first kappa shape index (κ1) is 14.6. The van der Waals surface area contributed by atoms with Gasteiger partial charge in [-0.1, -0.05) is 0 Å². The fourth-order valence-corrected chi connectivity index (χ4v) is 1.57. The van der Waals surface area contributed by atoms with E-state index in [0.29, 0.717) is 11.3 Å². The Hall–Kier alpha value is -1.49. The molecule has 0 fully saturated rings. The molecule has 1 aromatic carbocycles. The van der Waals surface area contributed by atoms with E-state index >= 15 is 0 Å². The van der Waals surface area contributed by atoms with Crippen molar-refractivity contribution < 1.29 is 18.3 Å². The Morgan fingerprint density at radius 2 is 1.89 bits per heavy atom. The zero-order valence-corrected chi connectivity index (χ0v) is 10.7. The highest BCUT2D eigenvalue weighted by Crippen LogP contribution is 2.14. The van der Waals surface area contributed by atoms with Gasteiger partial charge in [-0.25, -0.2) is 8.78 Å². The van der Waals surface area contributed by atoms with Crippen LogP contribution in [0, 0.1) is 0 Å². The lowest BCUT2D eigenvalue weighted by atomic mass is 10.0. The summed E-state index contributed by atoms with van der Waals surface area (Å²) in [6.07, 6.45) is -2.44. The van der Waals surface area contributed by atoms with Gasteiger partial charge in [0.2, 0.25) is 0 Å². The SMILES string of the molecule is COc1ccc(C(=O)C(C)N(C)CC(F)F)cc1. The van der Waals surface area contributed by atoms with Gasteiger partial charge in [0.15, 0.2) is 5.78 Å². The molecule has 3 nitrogen and oxygen atoms in total. The highest BCUT2D eigenvalue weighted by Gasteiger charge is 2.21. The zero-order valence-electron chi connectivity index (χ0n) is 10.7. The maximum Gasteiger partial charge on any atom is 0.251 e. The Kier molecular flexibility index (Phi) is 5.22. The van der Waals surface area contributed by atoms with Gasteiger partial charge in [-0.2, -0.15) is 0 Å². The monoisotopic (exact) mass is 257 g/mol. The number of ketones is 1. The first-order valence-corrected chi connectivity index (χ1v) is 5.62. The number of benzene rings is 1. The van der Waals surface area contributed by atoms with Crippen LogP contribution in [0.2, 0.25) is 0 Å². The van der Waals surface area contributed by atoms with Gasteiger partial charge in [-0.15, -0.1) is 0 Å². The molecule has 0 bridgehead atoms. The number of rotatable bonds is 6. The molecule has 100 valence electrons. The molecular formula is C13H17F2NO2. The molecule has 1 atom stereocenters. The number of carbonyl (C=O) groups is 1. The normalized spacial score (nSPS) is 12.8. The average Bonchev–Trinajstić information content (AvgIpc) is 2.36. The Balaban J connectivity index is 2.73. The number of hydrogen-bond donors (Lipinski definition) is 0. The van der Waals surface area contributed by atoms with Crippen molar-refractivity contribution in [2.75, 3.05) is 20.7 Å². The lowest BCUT2D eigenvalue weighted by Gasteiger charge is -2.23. The molecule has 0 spiro atoms. The molecule has 5 heteroatoms. The number of ether oxygens (including phenoxy) is 1. The predicted molar refractivity (Wildman–Crippen MR) is 65.4 cm³/mol. The Bertz CT molecular complexity index is 392. The molecule has 0 saturated carbocycles. The maximum absolute atomic E-state index is 12.2. The van der Waals surface area contributed by atoms with E-state index in [9.17, 15) is 13.6 Å². The van der Waals surface area contributed by atoms with E-state index in [0.717, 1.165) is 0 Å². The summed E-state index contributed by atoms with van der Waals surface area (Å²) in [7, 11) is 3.05. The largest absolute Gasteiger partial charge is 0.497 e. The van der Waals surface area contributed by atoms with Crippen LogP contribution in [0.4, 0.5) is 8.78 Å². The number of likely N-dealkylation sites (N-methyl/N-ethyl adjacent to an activating group) is 1. The van der Waals surface area contributed by atoms with E-state index in [2.05, 4.69) is 0 Å². The topological polar surface area (TPSA) is 29.5 Å². The van der Waals surface area contributed by atoms with Crippen LogP contribution in [-0.2, 0) is 0 Å². The smallest absolute Gasteiger partial charge is 0.251 e. The van der Waals surface area contributed by atoms with Crippen LogP contribution < -0.4 is 4.74 Å². The molecule has 1 rings (SSSR count). The zero-order chi connectivity index (χ0) is 13.7. The van der Waals surface area contributed by atoms with Crippen molar-refractivity contribution >= 4 is 5.78 Å². The van der Waals surface area contributed by atoms with E-state index in [-0.39, 0.29) is 5.78 Å². The minimum atomic E-state index is -2.44. The van der Waals surface area contributed by atoms with Crippen LogP contribution >= 0.6 is 0 Å². The highest BCUT2D eigenvalue weighted by molar-refractivity contribution is 5.99. The lowest BCUT2D eigenvalue weighted by Crippen LogP contribution is -2.38. The second kappa shape index (κ2) is 6.44. The third kappa shape index (κ3) is 3.77. The van der Waals surface area contributed by atoms with E-state index < -0.39 is 19.0 Å². The molecule has 0 amide bonds. The van der Waals surface area contributed by atoms with Gasteiger partial charge in [-0.3, -0.25) is 9.69 Å². The third-order valence-electron chi connectivity index (χ3n) is 2.84. The van der Waals surface area contributed by atoms with Gasteiger partial charge in [0, 0.05) is 5.56 Å². The van der Waals surface area contributed by atoms with Crippen LogP contribution in [0.5, 0.6) is 5.75 Å². The molecule has 0 aromatic heterocycles. The molecule has 0 aliphatic heterocycles. The number of carbonyl (C=O) groups excluding carboxylic acids is 1. The number of halogens is 2. The molecule has 1 unspecified atom stereocenters. The molecule has 0 aliphatic carbocycles. The lowest BCUT2D eigenvalue weighted by molar-refractivity contribution is 0.0679. The summed E-state index contributed by atoms with van der Waals surface area (Å²) in [6.45, 7) is 1.21. The number of hydrogen-bond acceptors (Lipinski definition) is 3. The van der Waals surface area contributed by atoms with Crippen LogP contribution in [0.1, 0.15) is 17.3 Å². The molecule has 18 heavy (non-hydrogen) atoms. The average molecular weight is 257 g/mol. The summed E-state index contributed by atoms with van der Waals surface area (Å²) in [4.78, 5) is 13.4. The van der Waals surface area contributed by atoms with Gasteiger partial charge >= 0.3 is 0 Å². The molecular weight excluding hydrogens is 240 g/mol. The summed E-state index contributed by atoms with van der Waals surface area (Å²) < 4.78 is 29.5. The molecule has 0 N–H and O–H groups in total. The first-order chi connectivity index (χ1) is 8.45. The first-order valence-electron chi connectivity index (χ1n) is 5.62. The Morgan fingerprint density at radius 3 is 2.33 bits per heavy atom. The van der Waals surface area contributed by atoms with Crippen LogP contribution in [0.3, 0.4) is 0 Å². The predicted octanol–water partition coefficient (Wildman–Crippen LogP) is 2.46. The fourth-order valence-electron chi connectivity index (χ4n) is 1.57. The van der Waals surface area contributed by atoms with Crippen LogP contribution in [0.25, 0.3) is 0 Å². The quantitative estimate of drug-likeness (QED) is 0.733. The second-order valence-electron chi connectivity index (χ2n) is 4.10. The van der Waals surface area contributed by atoms with Crippen molar-refractivity contribution in [1.29, 1.82) is 0 Å². The van der Waals surface area contributed by atoms with Gasteiger partial charge in [-0.05, 0) is 38.2 Å². The minimum absolute atomic E-state index is 0.180. The third-order valence-corrected chi connectivity index (χ3v) is 2.84. The molecule has 0 saturated heterocycles. The number of methoxy groups -OCH3 is 1. The minimum Gasteiger partial charge on any atom is -0.497 e. The van der Waals surface area contributed by atoms with Crippen molar-refractivity contribution in [1.82, 2.24) is 4.90 Å². The van der Waals surface area contributed by atoms with Gasteiger partial charge in [0.1, 0.15) is 5.75 Å². The molecule has 0 radical (unpaired) electrons. The van der Waals surface area contributed by atoms with Crippen molar-refractivity contribution in [3.63, 3.8) is 0 Å². The van der Waals surface area contributed by atoms with Gasteiger partial charge < -0.3 is 4.74 Å². The maximum atomic E-state index is 12.2. The van der Waals surface area contributed by atoms with E-state index in [1.165, 1.54) is 19.1 Å². The highest BCUT2D eigenvalue weighted by atomic mass is 19.3. The summed E-state index contributed by atoms with van der Waals surface area (Å²) in [5, 5.41) is 0. The van der Waals surface area contributed by atoms with Crippen molar-refractivity contribution in [3.05, 3.63) is 29.8 Å². The van der Waals surface area contributed by atoms with Crippen molar-refractivity contribution in [3.8, 4) is 5.75 Å². The van der Waals surface area contributed by atoms with E-state index in [1.807, 2.05) is 0 Å². The summed E-state index contributed by atoms with van der Waals surface area (Å²) in [5.41, 5.74) is 0.490. The standard InChI is InChI=1S/C13H17F2NO2/c1-9(16(2)8-12(14)15)13(17)10-4-6-11(18-3)7-5-10/h4-7,9,12H,8H2,1-3H3. The van der Waals surface area contributed by atoms with Crippen molar-refractivity contribution in [2.24, 2.45) is 0 Å². The van der Waals surface area contributed by atoms with Crippen LogP contribution in [0.15, 0.2) is 24.3 Å². The summed E-state index contributed by atoms with van der Waals surface area (Å²) >= 11 is 0. The molecule has 0 aliphatic rings. The van der Waals surface area contributed by atoms with E-state index in [1.54, 1.807) is 31.2 Å². The second-order valence-corrected chi connectivity index (χ2v) is 4.10. The van der Waals surface area contributed by atoms with E-state index in [4.69, 9.17) is 4.74 Å². The van der Waals surface area contributed by atoms with Crippen molar-refractivity contribution in [2.45, 2.75) is 19.4 Å². The molecule has 0 heterocycles. The Labute approximate surface area is 105 Å².